The summed E-state index contributed by atoms with van der Waals surface area (Å²) in [7, 11) is 0. The minimum absolute atomic E-state index is 0.0565. The highest BCUT2D eigenvalue weighted by molar-refractivity contribution is 5.97. The first-order valence-electron chi connectivity index (χ1n) is 11.5. The molecule has 8 nitrogen and oxygen atoms in total. The number of carbonyl (C=O) groups is 2. The van der Waals surface area contributed by atoms with E-state index >= 15 is 0 Å². The molecule has 1 aliphatic heterocycles. The normalized spacial score (nSPS) is 15.5. The van der Waals surface area contributed by atoms with Gasteiger partial charge in [0.15, 0.2) is 5.82 Å². The summed E-state index contributed by atoms with van der Waals surface area (Å²) in [6.45, 7) is 0.617. The summed E-state index contributed by atoms with van der Waals surface area (Å²) < 4.78 is 63.4. The van der Waals surface area contributed by atoms with Crippen LogP contribution in [-0.2, 0) is 20.9 Å². The SMILES string of the molecule is CCOc1cc(F)cc(-n2nc(NC(=O)[C@@H]3CNC(=O)C3)cc2-c2cccc(COCC(F)(F)F)c2)c1. The van der Waals surface area contributed by atoms with Crippen LogP contribution < -0.4 is 15.4 Å². The fourth-order valence-electron chi connectivity index (χ4n) is 3.89. The topological polar surface area (TPSA) is 94.5 Å². The second-order valence-electron chi connectivity index (χ2n) is 8.41. The minimum Gasteiger partial charge on any atom is -0.494 e. The van der Waals surface area contributed by atoms with Crippen molar-refractivity contribution in [3.05, 3.63) is 59.9 Å². The molecule has 196 valence electrons. The molecule has 2 heterocycles. The molecule has 1 saturated heterocycles. The van der Waals surface area contributed by atoms with Crippen LogP contribution in [0.5, 0.6) is 5.75 Å². The third-order valence-corrected chi connectivity index (χ3v) is 5.48. The van der Waals surface area contributed by atoms with Gasteiger partial charge >= 0.3 is 6.18 Å². The van der Waals surface area contributed by atoms with Gasteiger partial charge in [0.05, 0.1) is 30.5 Å². The molecule has 0 spiro atoms. The van der Waals surface area contributed by atoms with Crippen molar-refractivity contribution in [2.24, 2.45) is 5.92 Å². The summed E-state index contributed by atoms with van der Waals surface area (Å²) in [6, 6.07) is 12.2. The lowest BCUT2D eigenvalue weighted by Gasteiger charge is -2.12. The molecular weight excluding hydrogens is 496 g/mol. The van der Waals surface area contributed by atoms with Crippen LogP contribution in [-0.4, -0.2) is 47.5 Å². The zero-order valence-corrected chi connectivity index (χ0v) is 19.8. The molecule has 1 fully saturated rings. The Bertz CT molecular complexity index is 1290. The molecule has 0 aliphatic carbocycles. The lowest BCUT2D eigenvalue weighted by atomic mass is 10.1. The van der Waals surface area contributed by atoms with Crippen molar-refractivity contribution in [1.29, 1.82) is 0 Å². The number of rotatable bonds is 9. The Labute approximate surface area is 209 Å². The molecule has 0 saturated carbocycles. The number of halogens is 4. The zero-order valence-electron chi connectivity index (χ0n) is 19.8. The fraction of sp³-hybridized carbons (Fsp3) is 0.320. The minimum atomic E-state index is -4.45. The Morgan fingerprint density at radius 2 is 2.03 bits per heavy atom. The monoisotopic (exact) mass is 520 g/mol. The highest BCUT2D eigenvalue weighted by Gasteiger charge is 2.29. The van der Waals surface area contributed by atoms with Crippen molar-refractivity contribution in [3.63, 3.8) is 0 Å². The Balaban J connectivity index is 1.68. The molecule has 3 aromatic rings. The van der Waals surface area contributed by atoms with Gasteiger partial charge < -0.3 is 20.1 Å². The molecule has 0 bridgehead atoms. The van der Waals surface area contributed by atoms with Gasteiger partial charge in [0.25, 0.3) is 0 Å². The molecule has 1 aliphatic rings. The largest absolute Gasteiger partial charge is 0.494 e. The third-order valence-electron chi connectivity index (χ3n) is 5.48. The van der Waals surface area contributed by atoms with E-state index in [1.807, 2.05) is 0 Å². The van der Waals surface area contributed by atoms with Gasteiger partial charge in [-0.05, 0) is 24.6 Å². The van der Waals surface area contributed by atoms with Gasteiger partial charge in [0.1, 0.15) is 18.2 Å². The average molecular weight is 520 g/mol. The van der Waals surface area contributed by atoms with Gasteiger partial charge in [-0.25, -0.2) is 9.07 Å². The molecule has 0 unspecified atom stereocenters. The predicted molar refractivity (Wildman–Crippen MR) is 126 cm³/mol. The van der Waals surface area contributed by atoms with Crippen LogP contribution in [0.25, 0.3) is 16.9 Å². The number of benzene rings is 2. The van der Waals surface area contributed by atoms with Crippen LogP contribution in [0.1, 0.15) is 18.9 Å². The molecule has 2 aromatic carbocycles. The van der Waals surface area contributed by atoms with E-state index in [1.54, 1.807) is 43.3 Å². The number of anilines is 1. The molecule has 2 amide bonds. The molecule has 37 heavy (non-hydrogen) atoms. The number of nitrogens with one attached hydrogen (secondary N) is 2. The number of hydrogen-bond donors (Lipinski definition) is 2. The van der Waals surface area contributed by atoms with Crippen molar-refractivity contribution >= 4 is 17.6 Å². The maximum Gasteiger partial charge on any atom is 0.411 e. The van der Waals surface area contributed by atoms with Crippen LogP contribution in [0.3, 0.4) is 0 Å². The third kappa shape index (κ3) is 6.85. The second-order valence-corrected chi connectivity index (χ2v) is 8.41. The number of alkyl halides is 3. The predicted octanol–water partition coefficient (Wildman–Crippen LogP) is 4.23. The van der Waals surface area contributed by atoms with Gasteiger partial charge in [-0.1, -0.05) is 18.2 Å². The number of amides is 2. The van der Waals surface area contributed by atoms with Crippen molar-refractivity contribution < 1.29 is 36.6 Å². The summed E-state index contributed by atoms with van der Waals surface area (Å²) in [5, 5.41) is 9.72. The fourth-order valence-corrected chi connectivity index (χ4v) is 3.89. The van der Waals surface area contributed by atoms with E-state index in [4.69, 9.17) is 9.47 Å². The van der Waals surface area contributed by atoms with Crippen LogP contribution in [0, 0.1) is 11.7 Å². The summed E-state index contributed by atoms with van der Waals surface area (Å²) >= 11 is 0. The van der Waals surface area contributed by atoms with Gasteiger partial charge in [-0.3, -0.25) is 9.59 Å². The molecule has 12 heteroatoms. The maximum absolute atomic E-state index is 14.4. The highest BCUT2D eigenvalue weighted by Crippen LogP contribution is 2.30. The molecular formula is C25H24F4N4O4. The van der Waals surface area contributed by atoms with Crippen LogP contribution >= 0.6 is 0 Å². The lowest BCUT2D eigenvalue weighted by molar-refractivity contribution is -0.176. The smallest absolute Gasteiger partial charge is 0.411 e. The van der Waals surface area contributed by atoms with Crippen LogP contribution in [0.4, 0.5) is 23.4 Å². The summed E-state index contributed by atoms with van der Waals surface area (Å²) in [5.41, 5.74) is 1.75. The summed E-state index contributed by atoms with van der Waals surface area (Å²) in [4.78, 5) is 24.1. The van der Waals surface area contributed by atoms with Crippen molar-refractivity contribution in [1.82, 2.24) is 15.1 Å². The molecule has 1 atom stereocenters. The Kier molecular flexibility index (Phi) is 7.77. The highest BCUT2D eigenvalue weighted by atomic mass is 19.4. The van der Waals surface area contributed by atoms with E-state index in [9.17, 15) is 27.2 Å². The molecule has 1 aromatic heterocycles. The summed E-state index contributed by atoms with van der Waals surface area (Å²) in [6.07, 6.45) is -4.39. The number of nitrogens with zero attached hydrogens (tertiary/aromatic N) is 2. The number of hydrogen-bond acceptors (Lipinski definition) is 5. The Morgan fingerprint density at radius 1 is 1.22 bits per heavy atom. The quantitative estimate of drug-likeness (QED) is 0.412. The van der Waals surface area contributed by atoms with Crippen LogP contribution in [0.15, 0.2) is 48.5 Å². The van der Waals surface area contributed by atoms with E-state index in [1.165, 1.54) is 16.8 Å². The number of carbonyl (C=O) groups excluding carboxylic acids is 2. The van der Waals surface area contributed by atoms with E-state index in [0.29, 0.717) is 29.1 Å². The molecule has 4 rings (SSSR count). The zero-order chi connectivity index (χ0) is 26.6. The maximum atomic E-state index is 14.4. The number of ether oxygens (including phenoxy) is 2. The van der Waals surface area contributed by atoms with E-state index in [0.717, 1.165) is 0 Å². The second kappa shape index (κ2) is 11.0. The van der Waals surface area contributed by atoms with Crippen molar-refractivity contribution in [2.75, 3.05) is 25.1 Å². The Hall–Kier alpha value is -3.93. The van der Waals surface area contributed by atoms with E-state index in [2.05, 4.69) is 15.7 Å². The first-order chi connectivity index (χ1) is 17.6. The summed E-state index contributed by atoms with van der Waals surface area (Å²) in [5.74, 6) is -1.33. The molecule has 2 N–H and O–H groups in total. The van der Waals surface area contributed by atoms with Gasteiger partial charge in [0, 0.05) is 36.7 Å². The molecule has 0 radical (unpaired) electrons. The van der Waals surface area contributed by atoms with Crippen LogP contribution in [0.2, 0.25) is 0 Å². The van der Waals surface area contributed by atoms with Gasteiger partial charge in [-0.2, -0.15) is 13.2 Å². The average Bonchev–Trinajstić information content (AvgIpc) is 3.45. The number of aromatic nitrogens is 2. The lowest BCUT2D eigenvalue weighted by Crippen LogP contribution is -2.24. The van der Waals surface area contributed by atoms with Crippen molar-refractivity contribution in [2.45, 2.75) is 26.1 Å². The van der Waals surface area contributed by atoms with E-state index < -0.39 is 30.4 Å². The first kappa shape index (κ1) is 26.1. The van der Waals surface area contributed by atoms with Gasteiger partial charge in [0.2, 0.25) is 11.8 Å². The Morgan fingerprint density at radius 3 is 2.73 bits per heavy atom. The first-order valence-corrected chi connectivity index (χ1v) is 11.5. The van der Waals surface area contributed by atoms with Gasteiger partial charge in [-0.15, -0.1) is 5.10 Å². The standard InChI is InChI=1S/C25H24F4N4O4/c1-2-37-20-9-18(26)8-19(10-20)33-21(11-22(32-33)31-24(35)17-7-23(34)30-12-17)16-5-3-4-15(6-16)13-36-14-25(27,28)29/h3-6,8-11,17H,2,7,12-14H2,1H3,(H,30,34)(H,31,32,35)/t17-/m0/s1. The van der Waals surface area contributed by atoms with Crippen molar-refractivity contribution in [3.8, 4) is 22.7 Å². The van der Waals surface area contributed by atoms with E-state index in [-0.39, 0.29) is 37.0 Å².